The molecule has 1 N–H and O–H groups in total. The summed E-state index contributed by atoms with van der Waals surface area (Å²) in [5.41, 5.74) is 2.09. The summed E-state index contributed by atoms with van der Waals surface area (Å²) in [7, 11) is 0. The molecule has 3 aromatic rings. The van der Waals surface area contributed by atoms with Crippen LogP contribution < -0.4 is 5.32 Å². The molecule has 0 aliphatic carbocycles. The van der Waals surface area contributed by atoms with E-state index < -0.39 is 5.82 Å². The molecule has 1 aliphatic heterocycles. The zero-order valence-electron chi connectivity index (χ0n) is 12.7. The Bertz CT molecular complexity index is 1030. The Morgan fingerprint density at radius 3 is 2.92 bits per heavy atom. The zero-order valence-corrected chi connectivity index (χ0v) is 16.7. The predicted octanol–water partition coefficient (Wildman–Crippen LogP) is 5.40. The molecule has 0 amide bonds. The minimum atomic E-state index is -0.511. The number of nitrogens with zero attached hydrogens (tertiary/aromatic N) is 2. The van der Waals surface area contributed by atoms with Gasteiger partial charge in [0.15, 0.2) is 5.78 Å². The maximum absolute atomic E-state index is 13.6. The van der Waals surface area contributed by atoms with Crippen LogP contribution in [0.1, 0.15) is 22.3 Å². The molecule has 0 fully saturated rings. The van der Waals surface area contributed by atoms with Gasteiger partial charge in [-0.05, 0) is 62.5 Å². The van der Waals surface area contributed by atoms with Crippen molar-refractivity contribution in [3.8, 4) is 0 Å². The zero-order chi connectivity index (χ0) is 17.7. The lowest BCUT2D eigenvalue weighted by Gasteiger charge is -2.16. The van der Waals surface area contributed by atoms with Crippen molar-refractivity contribution in [3.63, 3.8) is 0 Å². The largest absolute Gasteiger partial charge is 0.356 e. The smallest absolute Gasteiger partial charge is 0.203 e. The molecule has 0 bridgehead atoms. The van der Waals surface area contributed by atoms with Gasteiger partial charge in [-0.25, -0.2) is 9.37 Å². The fraction of sp³-hybridized carbons (Fsp3) is 0.176. The van der Waals surface area contributed by atoms with Crippen LogP contribution in [-0.2, 0) is 6.54 Å². The van der Waals surface area contributed by atoms with E-state index in [0.29, 0.717) is 20.0 Å². The fourth-order valence-corrected chi connectivity index (χ4v) is 4.75. The molecule has 4 nitrogen and oxygen atoms in total. The van der Waals surface area contributed by atoms with Crippen LogP contribution >= 0.6 is 43.5 Å². The van der Waals surface area contributed by atoms with E-state index in [1.807, 2.05) is 6.07 Å². The van der Waals surface area contributed by atoms with Gasteiger partial charge in [-0.2, -0.15) is 0 Å². The van der Waals surface area contributed by atoms with Gasteiger partial charge in [0.1, 0.15) is 11.3 Å². The highest BCUT2D eigenvalue weighted by molar-refractivity contribution is 9.11. The van der Waals surface area contributed by atoms with E-state index in [-0.39, 0.29) is 16.4 Å². The summed E-state index contributed by atoms with van der Waals surface area (Å²) in [6.07, 6.45) is 1.01. The van der Waals surface area contributed by atoms with Gasteiger partial charge < -0.3 is 9.88 Å². The summed E-state index contributed by atoms with van der Waals surface area (Å²) in [5.74, 6) is -0.103. The van der Waals surface area contributed by atoms with Crippen molar-refractivity contribution in [1.82, 2.24) is 9.55 Å². The summed E-state index contributed by atoms with van der Waals surface area (Å²) in [4.78, 5) is 17.6. The molecule has 0 saturated heterocycles. The van der Waals surface area contributed by atoms with Crippen LogP contribution in [0.5, 0.6) is 0 Å². The number of rotatable bonds is 2. The molecule has 2 heterocycles. The molecule has 25 heavy (non-hydrogen) atoms. The number of fused-ring (bicyclic) bond motifs is 3. The van der Waals surface area contributed by atoms with Crippen molar-refractivity contribution in [2.24, 2.45) is 0 Å². The molecule has 0 atom stereocenters. The van der Waals surface area contributed by atoms with Crippen molar-refractivity contribution in [2.45, 2.75) is 13.0 Å². The van der Waals surface area contributed by atoms with Crippen LogP contribution in [0.25, 0.3) is 11.0 Å². The number of halogens is 4. The second-order valence-electron chi connectivity index (χ2n) is 5.74. The molecular formula is C17H11Br2ClFN3O. The Labute approximate surface area is 164 Å². The highest BCUT2D eigenvalue weighted by Gasteiger charge is 2.25. The average Bonchev–Trinajstić information content (AvgIpc) is 2.96. The van der Waals surface area contributed by atoms with Gasteiger partial charge in [0.25, 0.3) is 0 Å². The molecule has 1 aliphatic rings. The quantitative estimate of drug-likeness (QED) is 0.493. The summed E-state index contributed by atoms with van der Waals surface area (Å²) in [6, 6.07) is 5.61. The summed E-state index contributed by atoms with van der Waals surface area (Å²) < 4.78 is 16.8. The number of nitrogens with one attached hydrogen (secondary N) is 1. The number of hydrogen-bond acceptors (Lipinski definition) is 3. The normalized spacial score (nSPS) is 13.6. The molecule has 1 aromatic heterocycles. The fourth-order valence-electron chi connectivity index (χ4n) is 3.00. The highest BCUT2D eigenvalue weighted by atomic mass is 79.9. The van der Waals surface area contributed by atoms with Crippen LogP contribution in [0.2, 0.25) is 5.02 Å². The van der Waals surface area contributed by atoms with Crippen molar-refractivity contribution in [1.29, 1.82) is 0 Å². The number of ketones is 1. The minimum absolute atomic E-state index is 0.115. The third-order valence-corrected chi connectivity index (χ3v) is 5.91. The first-order valence-electron chi connectivity index (χ1n) is 7.59. The maximum atomic E-state index is 13.6. The van der Waals surface area contributed by atoms with Gasteiger partial charge in [0.2, 0.25) is 5.95 Å². The maximum Gasteiger partial charge on any atom is 0.203 e. The molecule has 0 spiro atoms. The monoisotopic (exact) mass is 485 g/mol. The Morgan fingerprint density at radius 2 is 2.12 bits per heavy atom. The average molecular weight is 488 g/mol. The molecular weight excluding hydrogens is 476 g/mol. The van der Waals surface area contributed by atoms with E-state index in [0.717, 1.165) is 37.0 Å². The van der Waals surface area contributed by atoms with E-state index in [2.05, 4.69) is 46.7 Å². The van der Waals surface area contributed by atoms with Crippen LogP contribution in [-0.4, -0.2) is 21.9 Å². The topological polar surface area (TPSA) is 46.9 Å². The highest BCUT2D eigenvalue weighted by Crippen LogP contribution is 2.37. The number of anilines is 1. The number of carbonyl (C=O) groups excluding carboxylic acids is 1. The lowest BCUT2D eigenvalue weighted by molar-refractivity contribution is 0.103. The van der Waals surface area contributed by atoms with E-state index in [1.165, 1.54) is 12.1 Å². The van der Waals surface area contributed by atoms with Crippen molar-refractivity contribution in [2.75, 3.05) is 11.9 Å². The number of hydrogen-bond donors (Lipinski definition) is 1. The summed E-state index contributed by atoms with van der Waals surface area (Å²) in [5, 5.41) is 3.46. The number of aryl methyl sites for hydroxylation is 1. The second kappa shape index (κ2) is 6.37. The van der Waals surface area contributed by atoms with Crippen LogP contribution in [0.3, 0.4) is 0 Å². The van der Waals surface area contributed by atoms with Gasteiger partial charge in [0.05, 0.1) is 20.6 Å². The second-order valence-corrected chi connectivity index (χ2v) is 7.79. The van der Waals surface area contributed by atoms with E-state index >= 15 is 0 Å². The number of imidazole rings is 1. The predicted molar refractivity (Wildman–Crippen MR) is 103 cm³/mol. The van der Waals surface area contributed by atoms with E-state index in [1.54, 1.807) is 0 Å². The van der Waals surface area contributed by atoms with Gasteiger partial charge in [-0.15, -0.1) is 0 Å². The van der Waals surface area contributed by atoms with Gasteiger partial charge in [-0.3, -0.25) is 4.79 Å². The van der Waals surface area contributed by atoms with Gasteiger partial charge in [-0.1, -0.05) is 11.6 Å². The first-order chi connectivity index (χ1) is 12.0. The van der Waals surface area contributed by atoms with Crippen LogP contribution in [0.15, 0.2) is 33.2 Å². The minimum Gasteiger partial charge on any atom is -0.356 e. The van der Waals surface area contributed by atoms with E-state index in [4.69, 9.17) is 11.6 Å². The Hall–Kier alpha value is -1.44. The standard InChI is InChI=1S/C17H11Br2ClFN3O/c18-10-7-12-15(23-17-22-4-1-5-24(12)17)14(19)13(10)16(25)9-6-8(21)2-3-11(9)20/h2-3,6-7H,1,4-5H2,(H,22,23). The molecule has 8 heteroatoms. The summed E-state index contributed by atoms with van der Waals surface area (Å²) in [6.45, 7) is 1.73. The Morgan fingerprint density at radius 1 is 1.32 bits per heavy atom. The molecule has 0 radical (unpaired) electrons. The van der Waals surface area contributed by atoms with Crippen molar-refractivity contribution in [3.05, 3.63) is 55.2 Å². The van der Waals surface area contributed by atoms with Crippen LogP contribution in [0.4, 0.5) is 10.3 Å². The Kier molecular flexibility index (Phi) is 4.33. The summed E-state index contributed by atoms with van der Waals surface area (Å²) >= 11 is 13.1. The molecule has 2 aromatic carbocycles. The van der Waals surface area contributed by atoms with Crippen molar-refractivity contribution < 1.29 is 9.18 Å². The number of benzene rings is 2. The third-order valence-electron chi connectivity index (χ3n) is 4.18. The SMILES string of the molecule is O=C(c1cc(F)ccc1Cl)c1c(Br)cc2c(nc3n2CCCN3)c1Br. The number of aromatic nitrogens is 2. The molecule has 0 saturated carbocycles. The number of carbonyl (C=O) groups is 1. The lowest BCUT2D eigenvalue weighted by atomic mass is 10.0. The van der Waals surface area contributed by atoms with Crippen molar-refractivity contribution >= 4 is 66.2 Å². The molecule has 0 unspecified atom stereocenters. The third kappa shape index (κ3) is 2.78. The first-order valence-corrected chi connectivity index (χ1v) is 9.55. The van der Waals surface area contributed by atoms with Gasteiger partial charge >= 0.3 is 0 Å². The molecule has 4 rings (SSSR count). The first kappa shape index (κ1) is 17.0. The van der Waals surface area contributed by atoms with E-state index in [9.17, 15) is 9.18 Å². The molecule has 128 valence electrons. The van der Waals surface area contributed by atoms with Crippen LogP contribution in [0, 0.1) is 5.82 Å². The Balaban J connectivity index is 1.93. The van der Waals surface area contributed by atoms with Gasteiger partial charge in [0, 0.05) is 23.1 Å². The lowest BCUT2D eigenvalue weighted by Crippen LogP contribution is -2.16.